The third kappa shape index (κ3) is 7.25. The number of hydrogen-bond acceptors (Lipinski definition) is 7. The van der Waals surface area contributed by atoms with Gasteiger partial charge in [0.15, 0.2) is 0 Å². The zero-order valence-corrected chi connectivity index (χ0v) is 17.9. The lowest BCUT2D eigenvalue weighted by Crippen LogP contribution is -2.55. The predicted octanol–water partition coefficient (Wildman–Crippen LogP) is 2.09. The number of alkyl halides is 6. The van der Waals surface area contributed by atoms with Gasteiger partial charge in [0.05, 0.1) is 12.6 Å². The van der Waals surface area contributed by atoms with Gasteiger partial charge in [0.2, 0.25) is 6.10 Å². The van der Waals surface area contributed by atoms with Crippen molar-refractivity contribution in [2.45, 2.75) is 37.0 Å². The summed E-state index contributed by atoms with van der Waals surface area (Å²) in [5.41, 5.74) is 10.5. The van der Waals surface area contributed by atoms with Crippen molar-refractivity contribution in [3.63, 3.8) is 0 Å². The standard InChI is InChI=1S/C18H21F7N2O5S/c1-30-5-13(17(20,21)22)31-12-4-8(3-10(19)14(12)27)2-9-6-33(29)7-11(26)15(9)32-16(28)18(23,24)25/h3-4,9,11,13,15H,2,5-7,26-27H2,1H3/t9-,11+,13-,15+,33-/m1/s1. The summed E-state index contributed by atoms with van der Waals surface area (Å²) in [5.74, 6) is -5.84. The largest absolute Gasteiger partial charge is 0.616 e. The Morgan fingerprint density at radius 3 is 2.42 bits per heavy atom. The summed E-state index contributed by atoms with van der Waals surface area (Å²) in [6.45, 7) is -0.916. The van der Waals surface area contributed by atoms with E-state index in [0.29, 0.717) is 0 Å². The van der Waals surface area contributed by atoms with Crippen molar-refractivity contribution in [2.75, 3.05) is 31.0 Å². The molecule has 0 unspecified atom stereocenters. The second-order valence-corrected chi connectivity index (χ2v) is 8.91. The van der Waals surface area contributed by atoms with E-state index in [1.54, 1.807) is 0 Å². The monoisotopic (exact) mass is 510 g/mol. The molecule has 0 aliphatic carbocycles. The van der Waals surface area contributed by atoms with Crippen molar-refractivity contribution >= 4 is 22.8 Å². The average molecular weight is 510 g/mol. The molecular formula is C18H21F7N2O5S. The molecule has 0 aromatic heterocycles. The topological polar surface area (TPSA) is 120 Å². The number of nitrogen functional groups attached to an aromatic ring is 1. The number of nitrogens with two attached hydrogens (primary N) is 2. The van der Waals surface area contributed by atoms with Crippen LogP contribution in [-0.4, -0.2) is 66.3 Å². The molecule has 1 aromatic rings. The number of carbonyl (C=O) groups excluding carboxylic acids is 1. The third-order valence-electron chi connectivity index (χ3n) is 4.74. The summed E-state index contributed by atoms with van der Waals surface area (Å²) in [6, 6.07) is 0.604. The van der Waals surface area contributed by atoms with Crippen LogP contribution in [0.4, 0.5) is 36.4 Å². The lowest BCUT2D eigenvalue weighted by Gasteiger charge is -2.36. The van der Waals surface area contributed by atoms with Crippen molar-refractivity contribution < 1.29 is 54.3 Å². The van der Waals surface area contributed by atoms with Crippen LogP contribution in [-0.2, 0) is 31.9 Å². The van der Waals surface area contributed by atoms with Crippen LogP contribution in [0, 0.1) is 11.7 Å². The summed E-state index contributed by atoms with van der Waals surface area (Å²) >= 11 is -1.58. The maximum Gasteiger partial charge on any atom is 0.490 e. The van der Waals surface area contributed by atoms with Crippen molar-refractivity contribution in [3.05, 3.63) is 23.5 Å². The van der Waals surface area contributed by atoms with E-state index in [2.05, 4.69) is 9.47 Å². The lowest BCUT2D eigenvalue weighted by atomic mass is 9.91. The van der Waals surface area contributed by atoms with E-state index in [1.807, 2.05) is 0 Å². The number of esters is 1. The number of hydrogen-bond donors (Lipinski definition) is 2. The molecule has 188 valence electrons. The molecule has 1 saturated heterocycles. The minimum Gasteiger partial charge on any atom is -0.616 e. The average Bonchev–Trinajstić information content (AvgIpc) is 2.66. The van der Waals surface area contributed by atoms with E-state index in [-0.39, 0.29) is 23.5 Å². The molecule has 0 radical (unpaired) electrons. The smallest absolute Gasteiger partial charge is 0.490 e. The fourth-order valence-corrected chi connectivity index (χ4v) is 4.81. The second-order valence-electron chi connectivity index (χ2n) is 7.36. The Morgan fingerprint density at radius 1 is 1.24 bits per heavy atom. The van der Waals surface area contributed by atoms with Gasteiger partial charge in [-0.05, 0) is 24.1 Å². The molecule has 1 fully saturated rings. The fraction of sp³-hybridized carbons (Fsp3) is 0.611. The highest BCUT2D eigenvalue weighted by atomic mass is 32.2. The van der Waals surface area contributed by atoms with Crippen molar-refractivity contribution in [3.8, 4) is 5.75 Å². The van der Waals surface area contributed by atoms with Crippen molar-refractivity contribution in [2.24, 2.45) is 11.7 Å². The zero-order valence-electron chi connectivity index (χ0n) is 17.0. The van der Waals surface area contributed by atoms with Crippen LogP contribution in [0.5, 0.6) is 5.75 Å². The van der Waals surface area contributed by atoms with Gasteiger partial charge in [-0.15, -0.1) is 0 Å². The molecule has 33 heavy (non-hydrogen) atoms. The fourth-order valence-electron chi connectivity index (χ4n) is 3.27. The van der Waals surface area contributed by atoms with Crippen LogP contribution >= 0.6 is 0 Å². The number of anilines is 1. The summed E-state index contributed by atoms with van der Waals surface area (Å²) < 4.78 is 117. The Bertz CT molecular complexity index is 840. The van der Waals surface area contributed by atoms with Gasteiger partial charge in [-0.2, -0.15) is 26.3 Å². The molecule has 4 N–H and O–H groups in total. The predicted molar refractivity (Wildman–Crippen MR) is 102 cm³/mol. The van der Waals surface area contributed by atoms with Gasteiger partial charge in [0.25, 0.3) is 0 Å². The maximum atomic E-state index is 14.3. The van der Waals surface area contributed by atoms with E-state index < -0.39 is 77.5 Å². The van der Waals surface area contributed by atoms with Gasteiger partial charge < -0.3 is 30.2 Å². The minimum atomic E-state index is -5.30. The highest BCUT2D eigenvalue weighted by molar-refractivity contribution is 7.91. The van der Waals surface area contributed by atoms with Gasteiger partial charge in [-0.1, -0.05) is 11.2 Å². The van der Waals surface area contributed by atoms with Crippen LogP contribution < -0.4 is 16.2 Å². The minimum absolute atomic E-state index is 0.0424. The molecule has 0 bridgehead atoms. The highest BCUT2D eigenvalue weighted by Gasteiger charge is 2.48. The van der Waals surface area contributed by atoms with Crippen molar-refractivity contribution in [1.82, 2.24) is 0 Å². The van der Waals surface area contributed by atoms with E-state index in [4.69, 9.17) is 16.2 Å². The summed E-state index contributed by atoms with van der Waals surface area (Å²) in [4.78, 5) is 11.3. The first-order valence-corrected chi connectivity index (χ1v) is 10.8. The van der Waals surface area contributed by atoms with Gasteiger partial charge >= 0.3 is 18.3 Å². The summed E-state index contributed by atoms with van der Waals surface area (Å²) in [7, 11) is 0.997. The van der Waals surface area contributed by atoms with Crippen LogP contribution in [0.2, 0.25) is 0 Å². The molecule has 1 aromatic carbocycles. The Balaban J connectivity index is 2.32. The van der Waals surface area contributed by atoms with Gasteiger partial charge in [-0.3, -0.25) is 0 Å². The molecule has 5 atom stereocenters. The molecule has 1 aliphatic rings. The molecule has 7 nitrogen and oxygen atoms in total. The van der Waals surface area contributed by atoms with Crippen LogP contribution in [0.1, 0.15) is 5.56 Å². The van der Waals surface area contributed by atoms with Crippen molar-refractivity contribution in [1.29, 1.82) is 0 Å². The van der Waals surface area contributed by atoms with E-state index in [0.717, 1.165) is 19.2 Å². The number of rotatable bonds is 7. The Morgan fingerprint density at radius 2 is 1.88 bits per heavy atom. The Hall–Kier alpha value is -1.97. The third-order valence-corrected chi connectivity index (χ3v) is 6.30. The first-order valence-electron chi connectivity index (χ1n) is 9.32. The first kappa shape index (κ1) is 27.3. The number of halogens is 7. The summed E-state index contributed by atoms with van der Waals surface area (Å²) in [6.07, 6.45) is -14.5. The normalized spacial score (nSPS) is 24.9. The zero-order chi connectivity index (χ0) is 25.1. The Kier molecular flexibility index (Phi) is 8.70. The molecule has 0 amide bonds. The van der Waals surface area contributed by atoms with Gasteiger partial charge in [0, 0.05) is 13.0 Å². The number of ether oxygens (including phenoxy) is 3. The van der Waals surface area contributed by atoms with E-state index in [1.165, 1.54) is 0 Å². The molecule has 1 aliphatic heterocycles. The molecular weight excluding hydrogens is 489 g/mol. The molecule has 2 rings (SSSR count). The van der Waals surface area contributed by atoms with E-state index in [9.17, 15) is 40.1 Å². The molecule has 0 spiro atoms. The Labute approximate surface area is 186 Å². The number of methoxy groups -OCH3 is 1. The maximum absolute atomic E-state index is 14.3. The molecule has 1 heterocycles. The molecule has 0 saturated carbocycles. The first-order chi connectivity index (χ1) is 15.1. The van der Waals surface area contributed by atoms with E-state index >= 15 is 0 Å². The quantitative estimate of drug-likeness (QED) is 0.250. The van der Waals surface area contributed by atoms with Crippen LogP contribution in [0.25, 0.3) is 0 Å². The van der Waals surface area contributed by atoms with Gasteiger partial charge in [-0.25, -0.2) is 9.18 Å². The highest BCUT2D eigenvalue weighted by Crippen LogP contribution is 2.34. The second kappa shape index (κ2) is 10.5. The lowest BCUT2D eigenvalue weighted by molar-refractivity contribution is -0.207. The van der Waals surface area contributed by atoms with Crippen LogP contribution in [0.15, 0.2) is 12.1 Å². The number of benzene rings is 1. The molecule has 15 heteroatoms. The van der Waals surface area contributed by atoms with Crippen LogP contribution in [0.3, 0.4) is 0 Å². The van der Waals surface area contributed by atoms with Gasteiger partial charge in [0.1, 0.15) is 34.9 Å². The SMILES string of the molecule is COC[C@@H](Oc1cc(C[C@@H]2C[S@@+]([O-])C[C@H](N)[C@H]2OC(=O)C(F)(F)F)cc(F)c1N)C(F)(F)F. The number of carbonyl (C=O) groups is 1. The summed E-state index contributed by atoms with van der Waals surface area (Å²) in [5, 5.41) is 0.